The first-order chi connectivity index (χ1) is 13.5. The molecule has 2 aromatic heterocycles. The standard InChI is InChI=1S/C21H20N6O/c1-13-5-4-6-16(9-13)21(28)26-25-19-18-11-24-27(20(18)23-12-22-19)17-8-7-14(2)15(3)10-17/h4-12H,1-3H3,(H,26,28)(H,22,23,25). The molecule has 2 aromatic carbocycles. The molecular formula is C21H20N6O. The molecule has 0 aliphatic heterocycles. The monoisotopic (exact) mass is 372 g/mol. The van der Waals surface area contributed by atoms with Crippen molar-refractivity contribution in [2.45, 2.75) is 20.8 Å². The Kier molecular flexibility index (Phi) is 4.49. The number of fused-ring (bicyclic) bond motifs is 1. The molecule has 140 valence electrons. The molecule has 0 atom stereocenters. The molecule has 2 heterocycles. The van der Waals surface area contributed by atoms with E-state index in [2.05, 4.69) is 51.9 Å². The molecule has 0 bridgehead atoms. The normalized spacial score (nSPS) is 10.8. The highest BCUT2D eigenvalue weighted by molar-refractivity contribution is 5.96. The van der Waals surface area contributed by atoms with Crippen LogP contribution >= 0.6 is 0 Å². The van der Waals surface area contributed by atoms with Crippen molar-refractivity contribution >= 4 is 22.8 Å². The van der Waals surface area contributed by atoms with Crippen LogP contribution in [0.5, 0.6) is 0 Å². The quantitative estimate of drug-likeness (QED) is 0.536. The van der Waals surface area contributed by atoms with Gasteiger partial charge in [0.15, 0.2) is 11.5 Å². The zero-order valence-electron chi connectivity index (χ0n) is 15.9. The molecule has 4 rings (SSSR count). The molecule has 0 aliphatic carbocycles. The molecule has 0 unspecified atom stereocenters. The Balaban J connectivity index is 1.61. The topological polar surface area (TPSA) is 84.7 Å². The van der Waals surface area contributed by atoms with E-state index < -0.39 is 0 Å². The van der Waals surface area contributed by atoms with Crippen molar-refractivity contribution < 1.29 is 4.79 Å². The predicted octanol–water partition coefficient (Wildman–Crippen LogP) is 3.50. The van der Waals surface area contributed by atoms with Gasteiger partial charge in [0.05, 0.1) is 17.3 Å². The largest absolute Gasteiger partial charge is 0.281 e. The number of amides is 1. The van der Waals surface area contributed by atoms with Crippen molar-refractivity contribution in [3.63, 3.8) is 0 Å². The number of rotatable bonds is 4. The van der Waals surface area contributed by atoms with E-state index in [4.69, 9.17) is 0 Å². The number of aromatic nitrogens is 4. The van der Waals surface area contributed by atoms with E-state index in [1.165, 1.54) is 17.5 Å². The summed E-state index contributed by atoms with van der Waals surface area (Å²) in [6.45, 7) is 6.08. The number of anilines is 1. The zero-order chi connectivity index (χ0) is 19.7. The van der Waals surface area contributed by atoms with Crippen LogP contribution in [0.3, 0.4) is 0 Å². The Hall–Kier alpha value is -3.74. The first-order valence-electron chi connectivity index (χ1n) is 8.92. The fourth-order valence-electron chi connectivity index (χ4n) is 2.96. The smallest absolute Gasteiger partial charge is 0.269 e. The minimum Gasteiger partial charge on any atom is -0.281 e. The summed E-state index contributed by atoms with van der Waals surface area (Å²) in [5.74, 6) is 0.248. The van der Waals surface area contributed by atoms with E-state index >= 15 is 0 Å². The minimum absolute atomic E-state index is 0.239. The summed E-state index contributed by atoms with van der Waals surface area (Å²) in [5.41, 5.74) is 11.1. The lowest BCUT2D eigenvalue weighted by molar-refractivity contribution is 0.0962. The first-order valence-corrected chi connectivity index (χ1v) is 8.92. The van der Waals surface area contributed by atoms with Gasteiger partial charge in [0.25, 0.3) is 5.91 Å². The van der Waals surface area contributed by atoms with Gasteiger partial charge >= 0.3 is 0 Å². The third kappa shape index (κ3) is 3.29. The van der Waals surface area contributed by atoms with Crippen LogP contribution in [0.4, 0.5) is 5.82 Å². The van der Waals surface area contributed by atoms with E-state index in [0.29, 0.717) is 22.4 Å². The van der Waals surface area contributed by atoms with E-state index in [1.807, 2.05) is 31.2 Å². The Bertz CT molecular complexity index is 1180. The molecule has 0 radical (unpaired) electrons. The fraction of sp³-hybridized carbons (Fsp3) is 0.143. The lowest BCUT2D eigenvalue weighted by atomic mass is 10.1. The van der Waals surface area contributed by atoms with Gasteiger partial charge in [-0.25, -0.2) is 14.6 Å². The van der Waals surface area contributed by atoms with Gasteiger partial charge < -0.3 is 0 Å². The molecule has 7 nitrogen and oxygen atoms in total. The van der Waals surface area contributed by atoms with Crippen LogP contribution in [0.15, 0.2) is 55.0 Å². The molecule has 1 amide bonds. The summed E-state index contributed by atoms with van der Waals surface area (Å²) in [6, 6.07) is 13.5. The number of aryl methyl sites for hydroxylation is 3. The summed E-state index contributed by atoms with van der Waals surface area (Å²) in [4.78, 5) is 21.0. The van der Waals surface area contributed by atoms with Crippen molar-refractivity contribution in [2.24, 2.45) is 0 Å². The Morgan fingerprint density at radius 3 is 2.64 bits per heavy atom. The number of hydrazine groups is 1. The molecule has 0 aliphatic rings. The molecule has 0 saturated carbocycles. The third-order valence-electron chi connectivity index (χ3n) is 4.68. The third-order valence-corrected chi connectivity index (χ3v) is 4.68. The van der Waals surface area contributed by atoms with Gasteiger partial charge in [0.1, 0.15) is 6.33 Å². The van der Waals surface area contributed by atoms with Crippen molar-refractivity contribution in [3.05, 3.63) is 77.2 Å². The fourth-order valence-corrected chi connectivity index (χ4v) is 2.96. The summed E-state index contributed by atoms with van der Waals surface area (Å²) in [5, 5.41) is 5.17. The Morgan fingerprint density at radius 2 is 1.86 bits per heavy atom. The van der Waals surface area contributed by atoms with E-state index in [1.54, 1.807) is 16.9 Å². The number of nitrogens with zero attached hydrogens (tertiary/aromatic N) is 4. The molecule has 7 heteroatoms. The first kappa shape index (κ1) is 17.7. The second-order valence-electron chi connectivity index (χ2n) is 6.73. The molecule has 4 aromatic rings. The maximum absolute atomic E-state index is 12.4. The van der Waals surface area contributed by atoms with Gasteiger partial charge in [-0.1, -0.05) is 23.8 Å². The van der Waals surface area contributed by atoms with Crippen molar-refractivity contribution in [1.29, 1.82) is 0 Å². The van der Waals surface area contributed by atoms with Crippen LogP contribution < -0.4 is 10.9 Å². The number of carbonyl (C=O) groups is 1. The van der Waals surface area contributed by atoms with Crippen LogP contribution in [-0.2, 0) is 0 Å². The number of hydrogen-bond acceptors (Lipinski definition) is 5. The van der Waals surface area contributed by atoms with Gasteiger partial charge in [-0.15, -0.1) is 0 Å². The van der Waals surface area contributed by atoms with Crippen LogP contribution in [0.1, 0.15) is 27.0 Å². The SMILES string of the molecule is Cc1cccc(C(=O)NNc2ncnc3c2cnn3-c2ccc(C)c(C)c2)c1. The highest BCUT2D eigenvalue weighted by Gasteiger charge is 2.13. The Morgan fingerprint density at radius 1 is 1.00 bits per heavy atom. The van der Waals surface area contributed by atoms with Gasteiger partial charge in [0.2, 0.25) is 0 Å². The van der Waals surface area contributed by atoms with Crippen LogP contribution in [0.2, 0.25) is 0 Å². The Labute approximate surface area is 162 Å². The lowest BCUT2D eigenvalue weighted by Gasteiger charge is -2.09. The van der Waals surface area contributed by atoms with Gasteiger partial charge in [0, 0.05) is 5.56 Å². The second kappa shape index (κ2) is 7.11. The van der Waals surface area contributed by atoms with Crippen LogP contribution in [0, 0.1) is 20.8 Å². The second-order valence-corrected chi connectivity index (χ2v) is 6.73. The van der Waals surface area contributed by atoms with Gasteiger partial charge in [-0.3, -0.25) is 15.6 Å². The van der Waals surface area contributed by atoms with Gasteiger partial charge in [-0.2, -0.15) is 5.10 Å². The molecule has 2 N–H and O–H groups in total. The van der Waals surface area contributed by atoms with E-state index in [-0.39, 0.29) is 5.91 Å². The van der Waals surface area contributed by atoms with Gasteiger partial charge in [-0.05, 0) is 56.2 Å². The molecule has 0 spiro atoms. The summed E-state index contributed by atoms with van der Waals surface area (Å²) < 4.78 is 1.76. The maximum Gasteiger partial charge on any atom is 0.269 e. The average molecular weight is 372 g/mol. The summed E-state index contributed by atoms with van der Waals surface area (Å²) >= 11 is 0. The number of hydrogen-bond donors (Lipinski definition) is 2. The van der Waals surface area contributed by atoms with Crippen LogP contribution in [-0.4, -0.2) is 25.7 Å². The molecule has 28 heavy (non-hydrogen) atoms. The van der Waals surface area contributed by atoms with Crippen molar-refractivity contribution in [1.82, 2.24) is 25.2 Å². The zero-order valence-corrected chi connectivity index (χ0v) is 15.9. The number of nitrogens with one attached hydrogen (secondary N) is 2. The molecule has 0 saturated heterocycles. The minimum atomic E-state index is -0.239. The van der Waals surface area contributed by atoms with Crippen molar-refractivity contribution in [3.8, 4) is 5.69 Å². The number of carbonyl (C=O) groups excluding carboxylic acids is 1. The highest BCUT2D eigenvalue weighted by Crippen LogP contribution is 2.22. The van der Waals surface area contributed by atoms with E-state index in [9.17, 15) is 4.79 Å². The van der Waals surface area contributed by atoms with Crippen molar-refractivity contribution in [2.75, 3.05) is 5.43 Å². The average Bonchev–Trinajstić information content (AvgIpc) is 3.13. The lowest BCUT2D eigenvalue weighted by Crippen LogP contribution is -2.29. The maximum atomic E-state index is 12.4. The van der Waals surface area contributed by atoms with E-state index in [0.717, 1.165) is 11.3 Å². The summed E-state index contributed by atoms with van der Waals surface area (Å²) in [6.07, 6.45) is 3.13. The predicted molar refractivity (Wildman–Crippen MR) is 108 cm³/mol. The summed E-state index contributed by atoms with van der Waals surface area (Å²) in [7, 11) is 0. The van der Waals surface area contributed by atoms with Crippen LogP contribution in [0.25, 0.3) is 16.7 Å². The number of benzene rings is 2. The molecular weight excluding hydrogens is 352 g/mol. The molecule has 0 fully saturated rings. The highest BCUT2D eigenvalue weighted by atomic mass is 16.2.